The third-order valence-electron chi connectivity index (χ3n) is 5.51. The fraction of sp³-hybridized carbons (Fsp3) is 0.174. The van der Waals surface area contributed by atoms with Crippen molar-refractivity contribution in [3.05, 3.63) is 77.0 Å². The molecule has 0 bridgehead atoms. The number of fused-ring (bicyclic) bond motifs is 1. The molecule has 2 aliphatic heterocycles. The molecule has 1 saturated heterocycles. The van der Waals surface area contributed by atoms with E-state index in [9.17, 15) is 18.4 Å². The molecule has 6 nitrogen and oxygen atoms in total. The molecule has 0 unspecified atom stereocenters. The lowest BCUT2D eigenvalue weighted by atomic mass is 10.1. The number of anilines is 2. The van der Waals surface area contributed by atoms with Gasteiger partial charge in [0.15, 0.2) is 0 Å². The first-order chi connectivity index (χ1) is 15.0. The monoisotopic (exact) mass is 420 g/mol. The van der Waals surface area contributed by atoms with E-state index >= 15 is 0 Å². The zero-order valence-corrected chi connectivity index (χ0v) is 16.4. The number of halogens is 2. The fourth-order valence-corrected chi connectivity index (χ4v) is 3.75. The van der Waals surface area contributed by atoms with Gasteiger partial charge in [0.1, 0.15) is 11.6 Å². The van der Waals surface area contributed by atoms with Gasteiger partial charge in [0.2, 0.25) is 0 Å². The minimum absolute atomic E-state index is 0.0145. The number of rotatable bonds is 4. The van der Waals surface area contributed by atoms with Gasteiger partial charge in [0.25, 0.3) is 11.8 Å². The fourth-order valence-electron chi connectivity index (χ4n) is 3.75. The summed E-state index contributed by atoms with van der Waals surface area (Å²) in [5.41, 5.74) is 2.20. The van der Waals surface area contributed by atoms with Crippen molar-refractivity contribution in [2.45, 2.75) is 13.0 Å². The highest BCUT2D eigenvalue weighted by molar-refractivity contribution is 6.04. The Morgan fingerprint density at radius 1 is 1.03 bits per heavy atom. The van der Waals surface area contributed by atoms with Crippen LogP contribution in [-0.4, -0.2) is 34.8 Å². The molecule has 2 N–H and O–H groups in total. The number of benzene rings is 2. The third kappa shape index (κ3) is 3.39. The van der Waals surface area contributed by atoms with Crippen LogP contribution in [0.5, 0.6) is 0 Å². The molecule has 0 spiro atoms. The molecule has 3 aromatic rings. The topological polar surface area (TPSA) is 74.3 Å². The number of nitrogens with one attached hydrogen (secondary N) is 2. The first-order valence-corrected chi connectivity index (χ1v) is 9.94. The number of carbonyl (C=O) groups excluding carboxylic acids is 2. The Bertz CT molecular complexity index is 1190. The minimum Gasteiger partial charge on any atom is -0.355 e. The van der Waals surface area contributed by atoms with Crippen molar-refractivity contribution in [1.29, 1.82) is 0 Å². The van der Waals surface area contributed by atoms with Crippen molar-refractivity contribution in [3.8, 4) is 11.3 Å². The summed E-state index contributed by atoms with van der Waals surface area (Å²) in [7, 11) is 0. The quantitative estimate of drug-likeness (QED) is 0.672. The van der Waals surface area contributed by atoms with Gasteiger partial charge in [-0.2, -0.15) is 0 Å². The van der Waals surface area contributed by atoms with Crippen molar-refractivity contribution in [2.75, 3.05) is 18.4 Å². The maximum atomic E-state index is 14.3. The predicted molar refractivity (Wildman–Crippen MR) is 111 cm³/mol. The van der Waals surface area contributed by atoms with Crippen molar-refractivity contribution in [3.63, 3.8) is 0 Å². The molecule has 1 aromatic heterocycles. The first kappa shape index (κ1) is 19.2. The van der Waals surface area contributed by atoms with Crippen molar-refractivity contribution >= 4 is 23.2 Å². The molecule has 2 aromatic carbocycles. The summed E-state index contributed by atoms with van der Waals surface area (Å²) in [4.78, 5) is 30.8. The smallest absolute Gasteiger partial charge is 0.255 e. The molecule has 2 aliphatic rings. The Morgan fingerprint density at radius 2 is 1.74 bits per heavy atom. The van der Waals surface area contributed by atoms with E-state index in [0.29, 0.717) is 28.2 Å². The number of nitrogens with zero attached hydrogens (tertiary/aromatic N) is 2. The van der Waals surface area contributed by atoms with Crippen LogP contribution >= 0.6 is 0 Å². The Morgan fingerprint density at radius 3 is 2.39 bits per heavy atom. The second kappa shape index (κ2) is 7.46. The van der Waals surface area contributed by atoms with Crippen LogP contribution in [0.3, 0.4) is 0 Å². The summed E-state index contributed by atoms with van der Waals surface area (Å²) >= 11 is 0. The zero-order valence-electron chi connectivity index (χ0n) is 16.4. The Balaban J connectivity index is 1.51. The summed E-state index contributed by atoms with van der Waals surface area (Å²) in [6.45, 7) is 1.72. The van der Waals surface area contributed by atoms with Crippen molar-refractivity contribution in [1.82, 2.24) is 15.2 Å². The lowest BCUT2D eigenvalue weighted by Crippen LogP contribution is -2.41. The molecule has 0 radical (unpaired) electrons. The third-order valence-corrected chi connectivity index (χ3v) is 5.51. The van der Waals surface area contributed by atoms with Crippen LogP contribution in [0.2, 0.25) is 0 Å². The number of carbonyl (C=O) groups is 2. The number of amides is 2. The Hall–Kier alpha value is -3.81. The van der Waals surface area contributed by atoms with Gasteiger partial charge in [-0.15, -0.1) is 0 Å². The molecule has 5 rings (SSSR count). The van der Waals surface area contributed by atoms with Crippen molar-refractivity contribution < 1.29 is 18.4 Å². The number of pyridine rings is 1. The molecular weight excluding hydrogens is 402 g/mol. The molecule has 0 saturated carbocycles. The molecule has 156 valence electrons. The summed E-state index contributed by atoms with van der Waals surface area (Å²) in [6, 6.07) is 12.0. The van der Waals surface area contributed by atoms with E-state index in [1.165, 1.54) is 12.1 Å². The molecule has 0 atom stereocenters. The van der Waals surface area contributed by atoms with E-state index in [4.69, 9.17) is 0 Å². The standard InChI is InChI=1S/C23H18F2N4O2/c24-15-3-1-4-16(25)20(15)17-11-18(21-19(28-17)12-26-22(21)30)27-14-7-5-13(6-8-14)23(31)29-9-2-10-29/h1,3-8,11H,2,9-10,12H2,(H,26,30)(H,27,28). The molecule has 1 fully saturated rings. The molecule has 0 aliphatic carbocycles. The Labute approximate surface area is 176 Å². The summed E-state index contributed by atoms with van der Waals surface area (Å²) < 4.78 is 28.6. The van der Waals surface area contributed by atoms with Gasteiger partial charge in [-0.1, -0.05) is 6.07 Å². The van der Waals surface area contributed by atoms with Gasteiger partial charge in [-0.25, -0.2) is 13.8 Å². The van der Waals surface area contributed by atoms with E-state index in [-0.39, 0.29) is 29.6 Å². The largest absolute Gasteiger partial charge is 0.355 e. The van der Waals surface area contributed by atoms with E-state index in [1.807, 2.05) is 0 Å². The normalized spacial score (nSPS) is 14.6. The van der Waals surface area contributed by atoms with Crippen molar-refractivity contribution in [2.24, 2.45) is 0 Å². The van der Waals surface area contributed by atoms with Crippen LogP contribution in [0.4, 0.5) is 20.2 Å². The molecule has 3 heterocycles. The van der Waals surface area contributed by atoms with Crippen LogP contribution in [0.1, 0.15) is 32.8 Å². The van der Waals surface area contributed by atoms with E-state index < -0.39 is 11.6 Å². The van der Waals surface area contributed by atoms with Gasteiger partial charge in [0, 0.05) is 24.3 Å². The number of hydrogen-bond donors (Lipinski definition) is 2. The highest BCUT2D eigenvalue weighted by Crippen LogP contribution is 2.33. The number of aromatic nitrogens is 1. The lowest BCUT2D eigenvalue weighted by molar-refractivity contribution is 0.0651. The lowest BCUT2D eigenvalue weighted by Gasteiger charge is -2.30. The van der Waals surface area contributed by atoms with Crippen LogP contribution in [0, 0.1) is 11.6 Å². The highest BCUT2D eigenvalue weighted by atomic mass is 19.1. The van der Waals surface area contributed by atoms with Crippen LogP contribution < -0.4 is 10.6 Å². The molecule has 2 amide bonds. The van der Waals surface area contributed by atoms with E-state index in [1.54, 1.807) is 29.2 Å². The summed E-state index contributed by atoms with van der Waals surface area (Å²) in [5, 5.41) is 5.83. The van der Waals surface area contributed by atoms with Crippen LogP contribution in [0.15, 0.2) is 48.5 Å². The molecule has 31 heavy (non-hydrogen) atoms. The molecular formula is C23H18F2N4O2. The second-order valence-electron chi connectivity index (χ2n) is 7.50. The predicted octanol–water partition coefficient (Wildman–Crippen LogP) is 3.86. The van der Waals surface area contributed by atoms with Gasteiger partial charge in [0.05, 0.1) is 34.7 Å². The first-order valence-electron chi connectivity index (χ1n) is 9.94. The molecule has 8 heteroatoms. The average molecular weight is 420 g/mol. The zero-order chi connectivity index (χ0) is 21.5. The second-order valence-corrected chi connectivity index (χ2v) is 7.50. The van der Waals surface area contributed by atoms with Gasteiger partial charge < -0.3 is 15.5 Å². The van der Waals surface area contributed by atoms with Crippen LogP contribution in [0.25, 0.3) is 11.3 Å². The number of hydrogen-bond acceptors (Lipinski definition) is 4. The maximum absolute atomic E-state index is 14.3. The minimum atomic E-state index is -0.732. The SMILES string of the molecule is O=C1NCc2nc(-c3c(F)cccc3F)cc(Nc3ccc(C(=O)N4CCC4)cc3)c21. The Kier molecular flexibility index (Phi) is 4.62. The van der Waals surface area contributed by atoms with Gasteiger partial charge >= 0.3 is 0 Å². The van der Waals surface area contributed by atoms with E-state index in [0.717, 1.165) is 31.6 Å². The maximum Gasteiger partial charge on any atom is 0.255 e. The van der Waals surface area contributed by atoms with E-state index in [2.05, 4.69) is 15.6 Å². The average Bonchev–Trinajstić information content (AvgIpc) is 3.08. The highest BCUT2D eigenvalue weighted by Gasteiger charge is 2.27. The van der Waals surface area contributed by atoms with Gasteiger partial charge in [-0.05, 0) is 48.9 Å². The van der Waals surface area contributed by atoms with Crippen LogP contribution in [-0.2, 0) is 6.54 Å². The van der Waals surface area contributed by atoms with Gasteiger partial charge in [-0.3, -0.25) is 9.59 Å². The summed E-state index contributed by atoms with van der Waals surface area (Å²) in [5.74, 6) is -1.79. The number of likely N-dealkylation sites (tertiary alicyclic amines) is 1. The summed E-state index contributed by atoms with van der Waals surface area (Å²) in [6.07, 6.45) is 1.02.